The number of piperidine rings is 1. The average Bonchev–Trinajstić information content (AvgIpc) is 3.07. The Hall–Kier alpha value is -3.16. The molecule has 4 aliphatic rings. The number of carbonyl (C=O) groups is 1. The standard InChI is InChI=1S/C28H30Cl2N6O/c1-18-14-22(15-21-7-11-34(12-8-21)28-31-10-6-23(29)16-32-28)24(30)17-36(18)27-5-4-25(19(2)33-27)35-13-9-26(37)20(35)3/h4-5,10,14,16-17,21H,1,3,6-9,11-13,15H2,2H3. The number of hydrogen-bond donors (Lipinski definition) is 0. The highest BCUT2D eigenvalue weighted by Crippen LogP contribution is 2.36. The first kappa shape index (κ1) is 25.5. The summed E-state index contributed by atoms with van der Waals surface area (Å²) in [6.07, 6.45) is 11.6. The van der Waals surface area contributed by atoms with Gasteiger partial charge in [-0.1, -0.05) is 36.4 Å². The second-order valence-electron chi connectivity index (χ2n) is 9.71. The summed E-state index contributed by atoms with van der Waals surface area (Å²) in [5.74, 6) is 2.08. The van der Waals surface area contributed by atoms with Crippen molar-refractivity contribution in [3.8, 4) is 0 Å². The third kappa shape index (κ3) is 5.43. The molecule has 192 valence electrons. The van der Waals surface area contributed by atoms with Crippen molar-refractivity contribution in [3.05, 3.63) is 76.5 Å². The van der Waals surface area contributed by atoms with Crippen molar-refractivity contribution in [3.63, 3.8) is 0 Å². The topological polar surface area (TPSA) is 64.4 Å². The third-order valence-electron chi connectivity index (χ3n) is 7.21. The van der Waals surface area contributed by atoms with Gasteiger partial charge in [0.15, 0.2) is 5.78 Å². The Bertz CT molecular complexity index is 1300. The highest BCUT2D eigenvalue weighted by molar-refractivity contribution is 6.32. The Kier molecular flexibility index (Phi) is 7.36. The lowest BCUT2D eigenvalue weighted by Crippen LogP contribution is -2.37. The molecule has 2 saturated heterocycles. The molecule has 0 atom stereocenters. The Labute approximate surface area is 227 Å². The second kappa shape index (κ2) is 10.7. The fourth-order valence-corrected chi connectivity index (χ4v) is 5.44. The van der Waals surface area contributed by atoms with E-state index in [-0.39, 0.29) is 5.78 Å². The molecule has 0 aliphatic carbocycles. The predicted octanol–water partition coefficient (Wildman–Crippen LogP) is 6.04. The molecule has 0 aromatic carbocycles. The monoisotopic (exact) mass is 536 g/mol. The maximum atomic E-state index is 11.9. The summed E-state index contributed by atoms with van der Waals surface area (Å²) in [6.45, 7) is 12.6. The van der Waals surface area contributed by atoms with Crippen LogP contribution in [0, 0.1) is 12.8 Å². The molecule has 0 N–H and O–H groups in total. The molecule has 0 unspecified atom stereocenters. The van der Waals surface area contributed by atoms with E-state index in [4.69, 9.17) is 28.2 Å². The molecule has 9 heteroatoms. The van der Waals surface area contributed by atoms with Gasteiger partial charge in [0.25, 0.3) is 0 Å². The number of Topliss-reactive ketones (excluding diaryl/α,β-unsaturated/α-hetero) is 1. The summed E-state index contributed by atoms with van der Waals surface area (Å²) >= 11 is 12.8. The van der Waals surface area contributed by atoms with Gasteiger partial charge in [0.05, 0.1) is 22.1 Å². The van der Waals surface area contributed by atoms with Gasteiger partial charge in [0.2, 0.25) is 5.96 Å². The van der Waals surface area contributed by atoms with Crippen molar-refractivity contribution < 1.29 is 4.79 Å². The molecule has 0 amide bonds. The van der Waals surface area contributed by atoms with Gasteiger partial charge < -0.3 is 14.7 Å². The number of likely N-dealkylation sites (tertiary alicyclic amines) is 1. The number of rotatable bonds is 4. The van der Waals surface area contributed by atoms with Crippen molar-refractivity contribution >= 4 is 52.7 Å². The van der Waals surface area contributed by atoms with Crippen LogP contribution in [-0.2, 0) is 4.79 Å². The number of carbonyl (C=O) groups excluding carboxylic acids is 1. The Morgan fingerprint density at radius 1 is 1.14 bits per heavy atom. The fraction of sp³-hybridized carbons (Fsp3) is 0.357. The lowest BCUT2D eigenvalue weighted by Gasteiger charge is -2.34. The molecule has 0 radical (unpaired) electrons. The second-order valence-corrected chi connectivity index (χ2v) is 10.6. The number of aryl methyl sites for hydroxylation is 1. The van der Waals surface area contributed by atoms with E-state index in [1.165, 1.54) is 0 Å². The molecule has 0 bridgehead atoms. The number of anilines is 2. The zero-order valence-corrected chi connectivity index (χ0v) is 22.5. The highest BCUT2D eigenvalue weighted by atomic mass is 35.5. The Morgan fingerprint density at radius 2 is 1.92 bits per heavy atom. The van der Waals surface area contributed by atoms with E-state index in [0.717, 1.165) is 66.8 Å². The van der Waals surface area contributed by atoms with Crippen molar-refractivity contribution in [1.29, 1.82) is 0 Å². The molecule has 2 fully saturated rings. The van der Waals surface area contributed by atoms with E-state index in [1.54, 1.807) is 6.20 Å². The van der Waals surface area contributed by atoms with Gasteiger partial charge in [-0.3, -0.25) is 4.79 Å². The molecule has 4 aliphatic heterocycles. The van der Waals surface area contributed by atoms with Gasteiger partial charge in [0.1, 0.15) is 5.82 Å². The molecule has 37 heavy (non-hydrogen) atoms. The lowest BCUT2D eigenvalue weighted by molar-refractivity contribution is -0.114. The number of halogens is 2. The first-order chi connectivity index (χ1) is 17.8. The third-order valence-corrected chi connectivity index (χ3v) is 7.80. The number of guanidine groups is 1. The number of hydrogen-bond acceptors (Lipinski definition) is 7. The van der Waals surface area contributed by atoms with Crippen LogP contribution in [0.25, 0.3) is 0 Å². The average molecular weight is 537 g/mol. The van der Waals surface area contributed by atoms with Gasteiger partial charge in [-0.05, 0) is 55.9 Å². The van der Waals surface area contributed by atoms with Gasteiger partial charge in [0, 0.05) is 61.8 Å². The SMILES string of the molecule is C=C1C=C(CC2CCN(C3=NC=C(Cl)CC=N3)CC2)C(Cl)=CN1c1ccc(N2CCC(=O)C2=C)c(C)n1. The molecule has 5 heterocycles. The maximum absolute atomic E-state index is 11.9. The van der Waals surface area contributed by atoms with Crippen LogP contribution in [0.3, 0.4) is 0 Å². The Morgan fingerprint density at radius 3 is 2.62 bits per heavy atom. The fourth-order valence-electron chi connectivity index (χ4n) is 5.10. The first-order valence-corrected chi connectivity index (χ1v) is 13.3. The lowest BCUT2D eigenvalue weighted by atomic mass is 9.89. The molecular weight excluding hydrogens is 507 g/mol. The van der Waals surface area contributed by atoms with Gasteiger partial charge >= 0.3 is 0 Å². The van der Waals surface area contributed by atoms with Crippen LogP contribution in [0.2, 0.25) is 0 Å². The van der Waals surface area contributed by atoms with E-state index < -0.39 is 0 Å². The van der Waals surface area contributed by atoms with E-state index in [0.29, 0.717) is 41.1 Å². The van der Waals surface area contributed by atoms with E-state index in [9.17, 15) is 4.79 Å². The normalized spacial score (nSPS) is 21.2. The van der Waals surface area contributed by atoms with Crippen molar-refractivity contribution in [2.24, 2.45) is 15.9 Å². The summed E-state index contributed by atoms with van der Waals surface area (Å²) in [7, 11) is 0. The largest absolute Gasteiger partial charge is 0.341 e. The van der Waals surface area contributed by atoms with Crippen molar-refractivity contribution in [2.75, 3.05) is 29.4 Å². The number of aromatic nitrogens is 1. The quantitative estimate of drug-likeness (QED) is 0.439. The van der Waals surface area contributed by atoms with Crippen LogP contribution in [0.5, 0.6) is 0 Å². The molecule has 1 aromatic rings. The molecule has 1 aromatic heterocycles. The van der Waals surface area contributed by atoms with Crippen LogP contribution in [0.4, 0.5) is 11.5 Å². The van der Waals surface area contributed by atoms with E-state index in [2.05, 4.69) is 34.1 Å². The summed E-state index contributed by atoms with van der Waals surface area (Å²) in [5.41, 5.74) is 4.17. The number of allylic oxidation sites excluding steroid dienone is 5. The minimum Gasteiger partial charge on any atom is -0.341 e. The van der Waals surface area contributed by atoms with Crippen LogP contribution in [-0.4, -0.2) is 47.5 Å². The van der Waals surface area contributed by atoms with Crippen LogP contribution in [0.15, 0.2) is 80.8 Å². The molecule has 7 nitrogen and oxygen atoms in total. The minimum atomic E-state index is 0.0831. The molecule has 0 saturated carbocycles. The van der Waals surface area contributed by atoms with Gasteiger partial charge in [-0.15, -0.1) is 0 Å². The number of pyridine rings is 1. The van der Waals surface area contributed by atoms with Crippen LogP contribution in [0.1, 0.15) is 37.8 Å². The van der Waals surface area contributed by atoms with E-state index >= 15 is 0 Å². The van der Waals surface area contributed by atoms with Gasteiger partial charge in [-0.25, -0.2) is 15.0 Å². The van der Waals surface area contributed by atoms with Crippen molar-refractivity contribution in [1.82, 2.24) is 9.88 Å². The zero-order valence-electron chi connectivity index (χ0n) is 21.0. The number of nitrogens with zero attached hydrogens (tertiary/aromatic N) is 6. The maximum Gasteiger partial charge on any atom is 0.224 e. The highest BCUT2D eigenvalue weighted by Gasteiger charge is 2.28. The summed E-state index contributed by atoms with van der Waals surface area (Å²) in [4.78, 5) is 31.7. The van der Waals surface area contributed by atoms with Crippen molar-refractivity contribution in [2.45, 2.75) is 39.0 Å². The zero-order chi connectivity index (χ0) is 26.1. The first-order valence-electron chi connectivity index (χ1n) is 12.5. The van der Waals surface area contributed by atoms with Crippen LogP contribution < -0.4 is 9.80 Å². The van der Waals surface area contributed by atoms with Crippen LogP contribution >= 0.6 is 23.2 Å². The minimum absolute atomic E-state index is 0.0831. The smallest absolute Gasteiger partial charge is 0.224 e. The molecule has 0 spiro atoms. The molecular formula is C28H30Cl2N6O. The molecule has 5 rings (SSSR count). The summed E-state index contributed by atoms with van der Waals surface area (Å²) in [6, 6.07) is 3.91. The number of ketones is 1. The van der Waals surface area contributed by atoms with E-state index in [1.807, 2.05) is 41.3 Å². The predicted molar refractivity (Wildman–Crippen MR) is 152 cm³/mol. The number of aliphatic imine (C=N–C) groups is 2. The van der Waals surface area contributed by atoms with Gasteiger partial charge in [-0.2, -0.15) is 0 Å². The summed E-state index contributed by atoms with van der Waals surface area (Å²) in [5, 5.41) is 1.40. The summed E-state index contributed by atoms with van der Waals surface area (Å²) < 4.78 is 0. The Balaban J connectivity index is 1.22.